The molecular weight excluding hydrogens is 306 g/mol. The smallest absolute Gasteiger partial charge is 0.254 e. The van der Waals surface area contributed by atoms with Crippen LogP contribution in [0.25, 0.3) is 0 Å². The summed E-state index contributed by atoms with van der Waals surface area (Å²) in [6.45, 7) is 4.28. The van der Waals surface area contributed by atoms with Crippen molar-refractivity contribution in [3.05, 3.63) is 70.8 Å². The number of benzene rings is 2. The monoisotopic (exact) mass is 333 g/mol. The van der Waals surface area contributed by atoms with E-state index in [1.807, 2.05) is 12.1 Å². The number of rotatable bonds is 3. The first-order valence-corrected chi connectivity index (χ1v) is 9.64. The van der Waals surface area contributed by atoms with Crippen LogP contribution in [0.2, 0.25) is 0 Å². The van der Waals surface area contributed by atoms with Crippen molar-refractivity contribution in [3.63, 3.8) is 0 Å². The molecule has 2 aliphatic heterocycles. The van der Waals surface area contributed by atoms with E-state index in [-0.39, 0.29) is 5.91 Å². The summed E-state index contributed by atoms with van der Waals surface area (Å²) in [7, 11) is 0. The van der Waals surface area contributed by atoms with E-state index in [1.54, 1.807) is 0 Å². The number of carbonyl (C=O) groups is 1. The zero-order valence-corrected chi connectivity index (χ0v) is 15.2. The topological polar surface area (TPSA) is 20.3 Å². The largest absolute Gasteiger partial charge is 0.333 e. The number of hydrogen-bond donors (Lipinski definition) is 0. The molecule has 2 heterocycles. The van der Waals surface area contributed by atoms with Gasteiger partial charge in [0.2, 0.25) is 0 Å². The molecule has 2 nitrogen and oxygen atoms in total. The Kier molecular flexibility index (Phi) is 4.37. The molecule has 2 aromatic rings. The molecule has 2 fully saturated rings. The third kappa shape index (κ3) is 3.10. The lowest BCUT2D eigenvalue weighted by atomic mass is 9.84. The molecule has 0 N–H and O–H groups in total. The van der Waals surface area contributed by atoms with Crippen LogP contribution in [-0.4, -0.2) is 22.9 Å². The average molecular weight is 333 g/mol. The zero-order valence-electron chi connectivity index (χ0n) is 15.2. The highest BCUT2D eigenvalue weighted by Crippen LogP contribution is 2.43. The summed E-state index contributed by atoms with van der Waals surface area (Å²) in [5, 5.41) is 0. The summed E-state index contributed by atoms with van der Waals surface area (Å²) in [5.74, 6) is 0.835. The van der Waals surface area contributed by atoms with E-state index in [0.29, 0.717) is 18.0 Å². The molecule has 2 aliphatic rings. The van der Waals surface area contributed by atoms with Crippen molar-refractivity contribution >= 4 is 5.91 Å². The van der Waals surface area contributed by atoms with Crippen molar-refractivity contribution in [1.82, 2.24) is 4.90 Å². The van der Waals surface area contributed by atoms with Gasteiger partial charge in [0.15, 0.2) is 0 Å². The van der Waals surface area contributed by atoms with E-state index >= 15 is 0 Å². The number of amides is 1. The highest BCUT2D eigenvalue weighted by Gasteiger charge is 2.43. The van der Waals surface area contributed by atoms with Crippen molar-refractivity contribution in [1.29, 1.82) is 0 Å². The van der Waals surface area contributed by atoms with Gasteiger partial charge in [-0.25, -0.2) is 0 Å². The number of fused-ring (bicyclic) bond motifs is 2. The molecule has 2 aromatic carbocycles. The number of piperidine rings is 1. The molecule has 0 spiro atoms. The maximum absolute atomic E-state index is 13.1. The lowest BCUT2D eigenvalue weighted by molar-refractivity contribution is 0.0571. The fraction of sp³-hybridized carbons (Fsp3) is 0.435. The second kappa shape index (κ2) is 6.67. The molecule has 1 unspecified atom stereocenters. The predicted molar refractivity (Wildman–Crippen MR) is 102 cm³/mol. The Bertz CT molecular complexity index is 733. The number of aryl methyl sites for hydroxylation is 2. The van der Waals surface area contributed by atoms with Crippen molar-refractivity contribution in [2.24, 2.45) is 0 Å². The molecule has 0 aliphatic carbocycles. The first kappa shape index (κ1) is 16.4. The first-order chi connectivity index (χ1) is 12.2. The normalized spacial score (nSPS) is 25.2. The molecular formula is C23H27NO. The van der Waals surface area contributed by atoms with Crippen LogP contribution < -0.4 is 0 Å². The van der Waals surface area contributed by atoms with Crippen LogP contribution in [0.1, 0.15) is 65.6 Å². The van der Waals surface area contributed by atoms with Crippen LogP contribution in [0.15, 0.2) is 48.5 Å². The molecule has 4 rings (SSSR count). The van der Waals surface area contributed by atoms with Crippen LogP contribution in [0.4, 0.5) is 0 Å². The van der Waals surface area contributed by atoms with E-state index in [0.717, 1.165) is 37.7 Å². The Hall–Kier alpha value is -2.09. The van der Waals surface area contributed by atoms with E-state index in [2.05, 4.69) is 55.1 Å². The molecule has 3 atom stereocenters. The van der Waals surface area contributed by atoms with Gasteiger partial charge in [-0.3, -0.25) is 4.79 Å². The van der Waals surface area contributed by atoms with E-state index < -0.39 is 0 Å². The minimum absolute atomic E-state index is 0.234. The highest BCUT2D eigenvalue weighted by molar-refractivity contribution is 5.95. The van der Waals surface area contributed by atoms with Gasteiger partial charge < -0.3 is 4.90 Å². The van der Waals surface area contributed by atoms with Gasteiger partial charge in [-0.05, 0) is 68.2 Å². The molecule has 0 aromatic heterocycles. The van der Waals surface area contributed by atoms with Gasteiger partial charge in [0.25, 0.3) is 5.91 Å². The molecule has 25 heavy (non-hydrogen) atoms. The Labute approximate surface area is 150 Å². The van der Waals surface area contributed by atoms with Crippen LogP contribution in [0.3, 0.4) is 0 Å². The third-order valence-electron chi connectivity index (χ3n) is 6.13. The molecule has 2 bridgehead atoms. The fourth-order valence-corrected chi connectivity index (χ4v) is 4.65. The minimum Gasteiger partial charge on any atom is -0.333 e. The summed E-state index contributed by atoms with van der Waals surface area (Å²) >= 11 is 0. The standard InChI is InChI=1S/C23H27NO/c1-3-17-6-10-19(11-7-17)23(25)24-21-12-13-22(24)15-20(14-21)18-8-4-16(2)5-9-18/h4-11,20-22H,3,12-15H2,1-2H3/t20?,21-,22+. The summed E-state index contributed by atoms with van der Waals surface area (Å²) < 4.78 is 0. The Balaban J connectivity index is 1.51. The van der Waals surface area contributed by atoms with E-state index in [9.17, 15) is 4.79 Å². The van der Waals surface area contributed by atoms with Crippen LogP contribution >= 0.6 is 0 Å². The lowest BCUT2D eigenvalue weighted by Crippen LogP contribution is -2.46. The summed E-state index contributed by atoms with van der Waals surface area (Å²) in [6, 6.07) is 18.0. The zero-order chi connectivity index (χ0) is 17.4. The average Bonchev–Trinajstić information content (AvgIpc) is 2.91. The molecule has 0 saturated carbocycles. The molecule has 2 heteroatoms. The van der Waals surface area contributed by atoms with Gasteiger partial charge in [-0.15, -0.1) is 0 Å². The van der Waals surface area contributed by atoms with Crippen molar-refractivity contribution in [2.45, 2.75) is 64.0 Å². The van der Waals surface area contributed by atoms with Crippen molar-refractivity contribution in [2.75, 3.05) is 0 Å². The number of nitrogens with zero attached hydrogens (tertiary/aromatic N) is 1. The maximum Gasteiger partial charge on any atom is 0.254 e. The highest BCUT2D eigenvalue weighted by atomic mass is 16.2. The van der Waals surface area contributed by atoms with Gasteiger partial charge >= 0.3 is 0 Å². The lowest BCUT2D eigenvalue weighted by Gasteiger charge is -2.39. The fourth-order valence-electron chi connectivity index (χ4n) is 4.65. The van der Waals surface area contributed by atoms with Crippen LogP contribution in [0, 0.1) is 6.92 Å². The SMILES string of the molecule is CCc1ccc(C(=O)N2[C@@H]3CC[C@H]2CC(c2ccc(C)cc2)C3)cc1. The summed E-state index contributed by atoms with van der Waals surface area (Å²) in [5.41, 5.74) is 4.90. The minimum atomic E-state index is 0.234. The molecule has 2 saturated heterocycles. The van der Waals surface area contributed by atoms with Crippen molar-refractivity contribution in [3.8, 4) is 0 Å². The second-order valence-corrected chi connectivity index (χ2v) is 7.73. The number of hydrogen-bond acceptors (Lipinski definition) is 1. The summed E-state index contributed by atoms with van der Waals surface area (Å²) in [6.07, 6.45) is 5.55. The molecule has 130 valence electrons. The third-order valence-corrected chi connectivity index (χ3v) is 6.13. The van der Waals surface area contributed by atoms with Gasteiger partial charge in [-0.2, -0.15) is 0 Å². The van der Waals surface area contributed by atoms with E-state index in [4.69, 9.17) is 0 Å². The van der Waals surface area contributed by atoms with Crippen molar-refractivity contribution < 1.29 is 4.79 Å². The van der Waals surface area contributed by atoms with Gasteiger partial charge in [-0.1, -0.05) is 48.9 Å². The van der Waals surface area contributed by atoms with Crippen LogP contribution in [-0.2, 0) is 6.42 Å². The predicted octanol–water partition coefficient (Wildman–Crippen LogP) is 5.11. The molecule has 1 amide bonds. The molecule has 0 radical (unpaired) electrons. The summed E-state index contributed by atoms with van der Waals surface area (Å²) in [4.78, 5) is 15.3. The quantitative estimate of drug-likeness (QED) is 0.764. The van der Waals surface area contributed by atoms with Gasteiger partial charge in [0.1, 0.15) is 0 Å². The number of carbonyl (C=O) groups excluding carboxylic acids is 1. The Morgan fingerprint density at radius 1 is 0.960 bits per heavy atom. The Morgan fingerprint density at radius 3 is 2.12 bits per heavy atom. The maximum atomic E-state index is 13.1. The van der Waals surface area contributed by atoms with Crippen LogP contribution in [0.5, 0.6) is 0 Å². The van der Waals surface area contributed by atoms with Gasteiger partial charge in [0.05, 0.1) is 0 Å². The van der Waals surface area contributed by atoms with Gasteiger partial charge in [0, 0.05) is 17.6 Å². The van der Waals surface area contributed by atoms with E-state index in [1.165, 1.54) is 16.7 Å². The first-order valence-electron chi connectivity index (χ1n) is 9.64. The Morgan fingerprint density at radius 2 is 1.56 bits per heavy atom. The second-order valence-electron chi connectivity index (χ2n) is 7.73.